The predicted octanol–water partition coefficient (Wildman–Crippen LogP) is 1.63. The summed E-state index contributed by atoms with van der Waals surface area (Å²) in [4.78, 5) is 33.5. The zero-order valence-electron chi connectivity index (χ0n) is 12.7. The number of nitrogens with one attached hydrogen (secondary N) is 2. The van der Waals surface area contributed by atoms with Gasteiger partial charge in [-0.25, -0.2) is 0 Å². The van der Waals surface area contributed by atoms with Crippen LogP contribution in [0.15, 0.2) is 24.3 Å². The first kappa shape index (κ1) is 16.8. The molecule has 1 aromatic rings. The summed E-state index contributed by atoms with van der Waals surface area (Å²) in [6, 6.07) is 6.67. The van der Waals surface area contributed by atoms with E-state index < -0.39 is 17.8 Å². The Kier molecular flexibility index (Phi) is 5.96. The highest BCUT2D eigenvalue weighted by atomic mass is 16.5. The molecule has 1 aromatic carbocycles. The molecule has 0 unspecified atom stereocenters. The molecule has 7 nitrogen and oxygen atoms in total. The molecular formula is C16H20N2O5. The largest absolute Gasteiger partial charge is 0.490 e. The molecule has 1 fully saturated rings. The van der Waals surface area contributed by atoms with Crippen LogP contribution in [-0.4, -0.2) is 29.0 Å². The van der Waals surface area contributed by atoms with Crippen LogP contribution in [0, 0.1) is 0 Å². The third-order valence-electron chi connectivity index (χ3n) is 3.60. The highest BCUT2D eigenvalue weighted by Crippen LogP contribution is 2.24. The molecule has 1 aliphatic rings. The highest BCUT2D eigenvalue weighted by Gasteiger charge is 2.16. The topological polar surface area (TPSA) is 105 Å². The van der Waals surface area contributed by atoms with Crippen LogP contribution >= 0.6 is 0 Å². The second-order valence-electron chi connectivity index (χ2n) is 5.44. The zero-order chi connectivity index (χ0) is 16.7. The summed E-state index contributed by atoms with van der Waals surface area (Å²) in [5, 5.41) is 8.47. The maximum absolute atomic E-state index is 11.9. The lowest BCUT2D eigenvalue weighted by atomic mass is 10.2. The normalized spacial score (nSPS) is 14.3. The number of carboxylic acids is 1. The molecule has 1 saturated carbocycles. The Bertz CT molecular complexity index is 564. The second-order valence-corrected chi connectivity index (χ2v) is 5.44. The first-order chi connectivity index (χ1) is 11.0. The van der Waals surface area contributed by atoms with Gasteiger partial charge in [0, 0.05) is 12.0 Å². The summed E-state index contributed by atoms with van der Waals surface area (Å²) in [6.45, 7) is 0. The summed E-state index contributed by atoms with van der Waals surface area (Å²) < 4.78 is 5.81. The number of aliphatic carboxylic acids is 1. The zero-order valence-corrected chi connectivity index (χ0v) is 12.7. The summed E-state index contributed by atoms with van der Waals surface area (Å²) in [5.74, 6) is -1.37. The third kappa shape index (κ3) is 5.61. The van der Waals surface area contributed by atoms with Crippen LogP contribution in [0.25, 0.3) is 0 Å². The molecule has 0 bridgehead atoms. The number of rotatable bonds is 6. The number of hydrogen-bond acceptors (Lipinski definition) is 4. The number of carbonyl (C=O) groups excluding carboxylic acids is 2. The monoisotopic (exact) mass is 320 g/mol. The number of amides is 2. The van der Waals surface area contributed by atoms with Crippen molar-refractivity contribution in [2.75, 3.05) is 0 Å². The second kappa shape index (κ2) is 8.17. The average molecular weight is 320 g/mol. The van der Waals surface area contributed by atoms with Gasteiger partial charge in [-0.2, -0.15) is 0 Å². The van der Waals surface area contributed by atoms with Crippen molar-refractivity contribution in [3.05, 3.63) is 29.8 Å². The van der Waals surface area contributed by atoms with Crippen molar-refractivity contribution in [2.24, 2.45) is 0 Å². The van der Waals surface area contributed by atoms with E-state index in [1.807, 2.05) is 0 Å². The standard InChI is InChI=1S/C16H20N2O5/c19-14(9-10-15(20)21)17-18-16(22)11-5-7-13(8-6-11)23-12-3-1-2-4-12/h5-8,12H,1-4,9-10H2,(H,17,19)(H,18,22)(H,20,21). The number of carbonyl (C=O) groups is 3. The Morgan fingerprint density at radius 3 is 2.30 bits per heavy atom. The SMILES string of the molecule is O=C(O)CCC(=O)NNC(=O)c1ccc(OC2CCCC2)cc1. The first-order valence-corrected chi connectivity index (χ1v) is 7.62. The van der Waals surface area contributed by atoms with Gasteiger partial charge in [0.25, 0.3) is 5.91 Å². The van der Waals surface area contributed by atoms with Gasteiger partial charge in [-0.05, 0) is 49.9 Å². The lowest BCUT2D eigenvalue weighted by Crippen LogP contribution is -2.41. The van der Waals surface area contributed by atoms with E-state index in [1.165, 1.54) is 12.8 Å². The van der Waals surface area contributed by atoms with Gasteiger partial charge in [0.1, 0.15) is 5.75 Å². The first-order valence-electron chi connectivity index (χ1n) is 7.62. The maximum atomic E-state index is 11.9. The van der Waals surface area contributed by atoms with Gasteiger partial charge >= 0.3 is 5.97 Å². The van der Waals surface area contributed by atoms with E-state index in [-0.39, 0.29) is 18.9 Å². The van der Waals surface area contributed by atoms with Crippen LogP contribution in [0.3, 0.4) is 0 Å². The van der Waals surface area contributed by atoms with Gasteiger partial charge in [0.2, 0.25) is 5.91 Å². The fraction of sp³-hybridized carbons (Fsp3) is 0.438. The summed E-state index contributed by atoms with van der Waals surface area (Å²) >= 11 is 0. The molecule has 0 spiro atoms. The van der Waals surface area contributed by atoms with Crippen molar-refractivity contribution in [1.82, 2.24) is 10.9 Å². The lowest BCUT2D eigenvalue weighted by molar-refractivity contribution is -0.138. The van der Waals surface area contributed by atoms with Gasteiger partial charge < -0.3 is 9.84 Å². The Hall–Kier alpha value is -2.57. The van der Waals surface area contributed by atoms with E-state index >= 15 is 0 Å². The molecular weight excluding hydrogens is 300 g/mol. The number of carboxylic acid groups (broad SMARTS) is 1. The molecule has 2 rings (SSSR count). The molecule has 0 aromatic heterocycles. The van der Waals surface area contributed by atoms with Crippen molar-refractivity contribution in [3.63, 3.8) is 0 Å². The minimum Gasteiger partial charge on any atom is -0.490 e. The third-order valence-corrected chi connectivity index (χ3v) is 3.60. The van der Waals surface area contributed by atoms with Gasteiger partial charge in [-0.15, -0.1) is 0 Å². The molecule has 1 aliphatic carbocycles. The van der Waals surface area contributed by atoms with E-state index in [2.05, 4.69) is 10.9 Å². The predicted molar refractivity (Wildman–Crippen MR) is 81.8 cm³/mol. The van der Waals surface area contributed by atoms with E-state index in [0.29, 0.717) is 5.56 Å². The van der Waals surface area contributed by atoms with Gasteiger partial charge in [0.05, 0.1) is 12.5 Å². The molecule has 0 aliphatic heterocycles. The minimum absolute atomic E-state index is 0.191. The molecule has 124 valence electrons. The maximum Gasteiger partial charge on any atom is 0.303 e. The van der Waals surface area contributed by atoms with E-state index in [0.717, 1.165) is 18.6 Å². The van der Waals surface area contributed by atoms with Crippen molar-refractivity contribution < 1.29 is 24.2 Å². The average Bonchev–Trinajstić information content (AvgIpc) is 3.04. The molecule has 7 heteroatoms. The molecule has 0 saturated heterocycles. The summed E-state index contributed by atoms with van der Waals surface area (Å²) in [5.41, 5.74) is 4.80. The van der Waals surface area contributed by atoms with E-state index in [1.54, 1.807) is 24.3 Å². The number of benzene rings is 1. The lowest BCUT2D eigenvalue weighted by Gasteiger charge is -2.13. The Morgan fingerprint density at radius 1 is 1.04 bits per heavy atom. The number of ether oxygens (including phenoxy) is 1. The molecule has 2 amide bonds. The van der Waals surface area contributed by atoms with Crippen LogP contribution in [0.2, 0.25) is 0 Å². The fourth-order valence-corrected chi connectivity index (χ4v) is 2.37. The summed E-state index contributed by atoms with van der Waals surface area (Å²) in [7, 11) is 0. The van der Waals surface area contributed by atoms with Crippen molar-refractivity contribution in [3.8, 4) is 5.75 Å². The molecule has 3 N–H and O–H groups in total. The van der Waals surface area contributed by atoms with E-state index in [9.17, 15) is 14.4 Å². The summed E-state index contributed by atoms with van der Waals surface area (Å²) in [6.07, 6.45) is 4.27. The quantitative estimate of drug-likeness (QED) is 0.691. The Balaban J connectivity index is 1.78. The molecule has 0 atom stereocenters. The Morgan fingerprint density at radius 2 is 1.70 bits per heavy atom. The van der Waals surface area contributed by atoms with Crippen LogP contribution in [-0.2, 0) is 9.59 Å². The van der Waals surface area contributed by atoms with Crippen LogP contribution < -0.4 is 15.6 Å². The molecule has 0 heterocycles. The fourth-order valence-electron chi connectivity index (χ4n) is 2.37. The van der Waals surface area contributed by atoms with Gasteiger partial charge in [0.15, 0.2) is 0 Å². The van der Waals surface area contributed by atoms with Crippen molar-refractivity contribution in [2.45, 2.75) is 44.6 Å². The molecule has 0 radical (unpaired) electrons. The highest BCUT2D eigenvalue weighted by molar-refractivity contribution is 5.95. The van der Waals surface area contributed by atoms with Crippen LogP contribution in [0.5, 0.6) is 5.75 Å². The van der Waals surface area contributed by atoms with Gasteiger partial charge in [-0.3, -0.25) is 25.2 Å². The van der Waals surface area contributed by atoms with Crippen molar-refractivity contribution in [1.29, 1.82) is 0 Å². The minimum atomic E-state index is -1.07. The van der Waals surface area contributed by atoms with Crippen LogP contribution in [0.1, 0.15) is 48.9 Å². The Labute approximate surface area is 134 Å². The van der Waals surface area contributed by atoms with Gasteiger partial charge in [-0.1, -0.05) is 0 Å². The number of hydrogen-bond donors (Lipinski definition) is 3. The molecule has 23 heavy (non-hydrogen) atoms. The van der Waals surface area contributed by atoms with Crippen molar-refractivity contribution >= 4 is 17.8 Å². The van der Waals surface area contributed by atoms with E-state index in [4.69, 9.17) is 9.84 Å². The number of hydrazine groups is 1. The van der Waals surface area contributed by atoms with Crippen LogP contribution in [0.4, 0.5) is 0 Å². The smallest absolute Gasteiger partial charge is 0.303 e.